The number of aryl methyl sites for hydroxylation is 1. The molecule has 2 rings (SSSR count). The summed E-state index contributed by atoms with van der Waals surface area (Å²) >= 11 is 3.34. The SMILES string of the molecule is O=C(O)C1CCN(C(=O)NCCCCn2cc(Br)cn2)C1. The third-order valence-electron chi connectivity index (χ3n) is 3.52. The summed E-state index contributed by atoms with van der Waals surface area (Å²) in [5.74, 6) is -1.25. The van der Waals surface area contributed by atoms with Crippen LogP contribution in [0.1, 0.15) is 19.3 Å². The lowest BCUT2D eigenvalue weighted by Crippen LogP contribution is -2.39. The molecule has 2 amide bonds. The molecule has 1 aliphatic rings. The van der Waals surface area contributed by atoms with Gasteiger partial charge in [0.15, 0.2) is 0 Å². The Hall–Kier alpha value is -1.57. The van der Waals surface area contributed by atoms with E-state index in [9.17, 15) is 9.59 Å². The summed E-state index contributed by atoms with van der Waals surface area (Å²) in [7, 11) is 0. The monoisotopic (exact) mass is 358 g/mol. The molecule has 2 heterocycles. The Bertz CT molecular complexity index is 505. The van der Waals surface area contributed by atoms with Gasteiger partial charge >= 0.3 is 12.0 Å². The molecule has 1 aromatic heterocycles. The van der Waals surface area contributed by atoms with Gasteiger partial charge in [-0.15, -0.1) is 0 Å². The number of aromatic nitrogens is 2. The fourth-order valence-electron chi connectivity index (χ4n) is 2.31. The van der Waals surface area contributed by atoms with Crippen LogP contribution in [0, 0.1) is 5.92 Å². The molecule has 2 N–H and O–H groups in total. The maximum absolute atomic E-state index is 11.8. The Morgan fingerprint density at radius 3 is 2.90 bits per heavy atom. The van der Waals surface area contributed by atoms with Crippen LogP contribution in [0.2, 0.25) is 0 Å². The third-order valence-corrected chi connectivity index (χ3v) is 3.93. The first kappa shape index (κ1) is 15.8. The summed E-state index contributed by atoms with van der Waals surface area (Å²) in [4.78, 5) is 24.3. The quantitative estimate of drug-likeness (QED) is 0.755. The summed E-state index contributed by atoms with van der Waals surface area (Å²) in [6, 6.07) is -0.166. The van der Waals surface area contributed by atoms with Crippen molar-refractivity contribution in [3.8, 4) is 0 Å². The molecule has 1 unspecified atom stereocenters. The number of nitrogens with zero attached hydrogens (tertiary/aromatic N) is 3. The average Bonchev–Trinajstić information content (AvgIpc) is 3.07. The minimum Gasteiger partial charge on any atom is -0.481 e. The predicted octanol–water partition coefficient (Wildman–Crippen LogP) is 1.54. The number of rotatable bonds is 6. The molecule has 0 spiro atoms. The first-order valence-electron chi connectivity index (χ1n) is 7.00. The molecule has 1 atom stereocenters. The smallest absolute Gasteiger partial charge is 0.317 e. The van der Waals surface area contributed by atoms with Crippen molar-refractivity contribution in [2.45, 2.75) is 25.8 Å². The Morgan fingerprint density at radius 2 is 2.29 bits per heavy atom. The number of unbranched alkanes of at least 4 members (excludes halogenated alkanes) is 1. The zero-order chi connectivity index (χ0) is 15.2. The maximum atomic E-state index is 11.8. The van der Waals surface area contributed by atoms with E-state index in [2.05, 4.69) is 26.3 Å². The Balaban J connectivity index is 1.58. The van der Waals surface area contributed by atoms with Crippen LogP contribution >= 0.6 is 15.9 Å². The highest BCUT2D eigenvalue weighted by Gasteiger charge is 2.30. The van der Waals surface area contributed by atoms with E-state index in [0.717, 1.165) is 23.9 Å². The lowest BCUT2D eigenvalue weighted by Gasteiger charge is -2.16. The van der Waals surface area contributed by atoms with Crippen molar-refractivity contribution in [3.05, 3.63) is 16.9 Å². The summed E-state index contributed by atoms with van der Waals surface area (Å²) < 4.78 is 2.81. The minimum atomic E-state index is -0.823. The molecule has 1 saturated heterocycles. The van der Waals surface area contributed by atoms with Gasteiger partial charge < -0.3 is 15.3 Å². The van der Waals surface area contributed by atoms with Gasteiger partial charge in [0.25, 0.3) is 0 Å². The Morgan fingerprint density at radius 1 is 1.48 bits per heavy atom. The van der Waals surface area contributed by atoms with Gasteiger partial charge in [-0.2, -0.15) is 5.10 Å². The van der Waals surface area contributed by atoms with Crippen molar-refractivity contribution in [2.24, 2.45) is 5.92 Å². The molecular formula is C13H19BrN4O3. The van der Waals surface area contributed by atoms with Crippen LogP contribution in [0.3, 0.4) is 0 Å². The van der Waals surface area contributed by atoms with Gasteiger partial charge in [0.2, 0.25) is 0 Å². The van der Waals surface area contributed by atoms with Crippen molar-refractivity contribution in [1.82, 2.24) is 20.0 Å². The summed E-state index contributed by atoms with van der Waals surface area (Å²) in [5, 5.41) is 15.9. The number of hydrogen-bond acceptors (Lipinski definition) is 3. The van der Waals surface area contributed by atoms with Crippen molar-refractivity contribution in [1.29, 1.82) is 0 Å². The van der Waals surface area contributed by atoms with Crippen LogP contribution < -0.4 is 5.32 Å². The van der Waals surface area contributed by atoms with Crippen molar-refractivity contribution < 1.29 is 14.7 Å². The molecule has 0 bridgehead atoms. The standard InChI is InChI=1S/C13H19BrN4O3/c14-11-7-16-18(9-11)5-2-1-4-15-13(21)17-6-3-10(8-17)12(19)20/h7,9-10H,1-6,8H2,(H,15,21)(H,19,20). The third kappa shape index (κ3) is 4.73. The van der Waals surface area contributed by atoms with Crippen LogP contribution in [0.5, 0.6) is 0 Å². The number of amides is 2. The molecule has 0 saturated carbocycles. The molecule has 0 aliphatic carbocycles. The fourth-order valence-corrected chi connectivity index (χ4v) is 2.64. The van der Waals surface area contributed by atoms with E-state index in [4.69, 9.17) is 5.11 Å². The Kier molecular flexibility index (Phi) is 5.60. The van der Waals surface area contributed by atoms with Gasteiger partial charge in [0.05, 0.1) is 16.6 Å². The van der Waals surface area contributed by atoms with E-state index in [1.165, 1.54) is 0 Å². The van der Waals surface area contributed by atoms with Crippen molar-refractivity contribution in [2.75, 3.05) is 19.6 Å². The molecule has 0 aromatic carbocycles. The molecular weight excluding hydrogens is 340 g/mol. The van der Waals surface area contributed by atoms with Crippen LogP contribution in [0.15, 0.2) is 16.9 Å². The van der Waals surface area contributed by atoms with Crippen molar-refractivity contribution in [3.63, 3.8) is 0 Å². The molecule has 1 fully saturated rings. The zero-order valence-electron chi connectivity index (χ0n) is 11.7. The van der Waals surface area contributed by atoms with E-state index in [1.54, 1.807) is 11.1 Å². The van der Waals surface area contributed by atoms with Gasteiger partial charge in [0, 0.05) is 32.4 Å². The van der Waals surface area contributed by atoms with E-state index in [0.29, 0.717) is 26.1 Å². The lowest BCUT2D eigenvalue weighted by molar-refractivity contribution is -0.141. The number of carbonyl (C=O) groups is 2. The second-order valence-corrected chi connectivity index (χ2v) is 6.05. The molecule has 0 radical (unpaired) electrons. The van der Waals surface area contributed by atoms with E-state index < -0.39 is 11.9 Å². The maximum Gasteiger partial charge on any atom is 0.317 e. The Labute approximate surface area is 131 Å². The minimum absolute atomic E-state index is 0.166. The van der Waals surface area contributed by atoms with Gasteiger partial charge in [-0.3, -0.25) is 9.48 Å². The number of carboxylic acid groups (broad SMARTS) is 1. The fraction of sp³-hybridized carbons (Fsp3) is 0.615. The number of carbonyl (C=O) groups excluding carboxylic acids is 1. The second-order valence-electron chi connectivity index (χ2n) is 5.13. The molecule has 116 valence electrons. The van der Waals surface area contributed by atoms with Crippen LogP contribution in [-0.4, -0.2) is 51.4 Å². The van der Waals surface area contributed by atoms with E-state index in [-0.39, 0.29) is 6.03 Å². The second kappa shape index (κ2) is 7.44. The number of hydrogen-bond donors (Lipinski definition) is 2. The molecule has 1 aliphatic heterocycles. The van der Waals surface area contributed by atoms with Gasteiger partial charge in [-0.1, -0.05) is 0 Å². The molecule has 21 heavy (non-hydrogen) atoms. The van der Waals surface area contributed by atoms with Crippen LogP contribution in [-0.2, 0) is 11.3 Å². The number of nitrogens with one attached hydrogen (secondary N) is 1. The molecule has 8 heteroatoms. The van der Waals surface area contributed by atoms with Gasteiger partial charge in [-0.25, -0.2) is 4.79 Å². The number of likely N-dealkylation sites (tertiary alicyclic amines) is 1. The topological polar surface area (TPSA) is 87.5 Å². The number of halogens is 1. The zero-order valence-corrected chi connectivity index (χ0v) is 13.3. The first-order chi connectivity index (χ1) is 10.1. The normalized spacial score (nSPS) is 18.0. The van der Waals surface area contributed by atoms with Crippen LogP contribution in [0.25, 0.3) is 0 Å². The molecule has 1 aromatic rings. The predicted molar refractivity (Wildman–Crippen MR) is 79.9 cm³/mol. The number of carboxylic acids is 1. The highest BCUT2D eigenvalue weighted by atomic mass is 79.9. The highest BCUT2D eigenvalue weighted by molar-refractivity contribution is 9.10. The highest BCUT2D eigenvalue weighted by Crippen LogP contribution is 2.16. The lowest BCUT2D eigenvalue weighted by atomic mass is 10.1. The number of urea groups is 1. The molecule has 7 nitrogen and oxygen atoms in total. The summed E-state index contributed by atoms with van der Waals surface area (Å²) in [6.07, 6.45) is 5.98. The first-order valence-corrected chi connectivity index (χ1v) is 7.79. The van der Waals surface area contributed by atoms with Gasteiger partial charge in [-0.05, 0) is 35.2 Å². The summed E-state index contributed by atoms with van der Waals surface area (Å²) in [5.41, 5.74) is 0. The number of aliphatic carboxylic acids is 1. The van der Waals surface area contributed by atoms with Gasteiger partial charge in [0.1, 0.15) is 0 Å². The largest absolute Gasteiger partial charge is 0.481 e. The van der Waals surface area contributed by atoms with Crippen molar-refractivity contribution >= 4 is 27.9 Å². The van der Waals surface area contributed by atoms with E-state index >= 15 is 0 Å². The van der Waals surface area contributed by atoms with E-state index in [1.807, 2.05) is 10.9 Å². The summed E-state index contributed by atoms with van der Waals surface area (Å²) in [6.45, 7) is 2.23. The average molecular weight is 359 g/mol. The van der Waals surface area contributed by atoms with Crippen LogP contribution in [0.4, 0.5) is 4.79 Å².